The molecule has 1 heteroatoms. The first-order valence-corrected chi connectivity index (χ1v) is 17.9. The van der Waals surface area contributed by atoms with Crippen LogP contribution in [0.2, 0.25) is 0 Å². The van der Waals surface area contributed by atoms with Gasteiger partial charge in [0.25, 0.3) is 0 Å². The Morgan fingerprint density at radius 3 is 1.76 bits per heavy atom. The number of nitrogens with zero attached hydrogens (tertiary/aromatic N) is 1. The molecule has 0 saturated heterocycles. The Kier molecular flexibility index (Phi) is 6.92. The van der Waals surface area contributed by atoms with Gasteiger partial charge in [0.1, 0.15) is 0 Å². The smallest absolute Gasteiger partial charge is 0.0722 e. The number of pyridine rings is 1. The summed E-state index contributed by atoms with van der Waals surface area (Å²) in [6.07, 6.45) is 8.09. The highest BCUT2D eigenvalue weighted by Crippen LogP contribution is 2.45. The van der Waals surface area contributed by atoms with Crippen molar-refractivity contribution in [1.29, 1.82) is 0 Å². The highest BCUT2D eigenvalue weighted by Gasteiger charge is 2.19. The van der Waals surface area contributed by atoms with Crippen LogP contribution in [0.4, 0.5) is 0 Å². The molecule has 10 rings (SSSR count). The maximum atomic E-state index is 5.35. The van der Waals surface area contributed by atoms with Crippen LogP contribution in [0.5, 0.6) is 0 Å². The van der Waals surface area contributed by atoms with E-state index < -0.39 is 0 Å². The van der Waals surface area contributed by atoms with Crippen LogP contribution in [0.15, 0.2) is 176 Å². The molecule has 8 aromatic carbocycles. The standard InChI is InChI=1S/C50H35N/c1-32-21-23-35(24-22-32)45-31-47(51-46-28-27-34-12-4-5-16-40(34)50(45)46)37-14-10-15-38(30-37)48-41-17-6-8-19-43(41)49(44-20-9-7-18-42(44)48)39-26-25-33-11-2-3-13-36(33)29-39/h2-21,23-32H,22H2,1H3. The molecular weight excluding hydrogens is 615 g/mol. The van der Waals surface area contributed by atoms with Crippen molar-refractivity contribution in [3.05, 3.63) is 182 Å². The van der Waals surface area contributed by atoms with Crippen LogP contribution in [0.25, 0.3) is 93.1 Å². The maximum absolute atomic E-state index is 5.35. The minimum Gasteiger partial charge on any atom is -0.248 e. The van der Waals surface area contributed by atoms with E-state index in [1.165, 1.54) is 81.9 Å². The minimum atomic E-state index is 0.548. The molecule has 1 aliphatic rings. The highest BCUT2D eigenvalue weighted by molar-refractivity contribution is 6.22. The Morgan fingerprint density at radius 2 is 1.08 bits per heavy atom. The third-order valence-electron chi connectivity index (χ3n) is 10.7. The minimum absolute atomic E-state index is 0.548. The van der Waals surface area contributed by atoms with Gasteiger partial charge in [-0.25, -0.2) is 4.98 Å². The largest absolute Gasteiger partial charge is 0.248 e. The second-order valence-electron chi connectivity index (χ2n) is 14.0. The van der Waals surface area contributed by atoms with Crippen molar-refractivity contribution in [2.45, 2.75) is 13.3 Å². The Morgan fingerprint density at radius 1 is 0.490 bits per heavy atom. The molecule has 1 nitrogen and oxygen atoms in total. The van der Waals surface area contributed by atoms with Crippen LogP contribution in [0, 0.1) is 5.92 Å². The monoisotopic (exact) mass is 649 g/mol. The molecule has 51 heavy (non-hydrogen) atoms. The fraction of sp³-hybridized carbons (Fsp3) is 0.0600. The van der Waals surface area contributed by atoms with Crippen molar-refractivity contribution >= 4 is 59.6 Å². The highest BCUT2D eigenvalue weighted by atomic mass is 14.7. The van der Waals surface area contributed by atoms with Crippen LogP contribution in [0.3, 0.4) is 0 Å². The summed E-state index contributed by atoms with van der Waals surface area (Å²) in [6.45, 7) is 2.28. The third kappa shape index (κ3) is 4.96. The lowest BCUT2D eigenvalue weighted by Gasteiger charge is -2.19. The number of aromatic nitrogens is 1. The summed E-state index contributed by atoms with van der Waals surface area (Å²) in [6, 6.07) is 57.7. The van der Waals surface area contributed by atoms with Crippen molar-refractivity contribution in [1.82, 2.24) is 4.98 Å². The zero-order chi connectivity index (χ0) is 33.9. The molecule has 1 heterocycles. The van der Waals surface area contributed by atoms with Gasteiger partial charge < -0.3 is 0 Å². The van der Waals surface area contributed by atoms with Crippen LogP contribution < -0.4 is 0 Å². The lowest BCUT2D eigenvalue weighted by molar-refractivity contribution is 0.739. The van der Waals surface area contributed by atoms with Crippen molar-refractivity contribution in [2.75, 3.05) is 0 Å². The lowest BCUT2D eigenvalue weighted by atomic mass is 9.85. The van der Waals surface area contributed by atoms with E-state index >= 15 is 0 Å². The van der Waals surface area contributed by atoms with Gasteiger partial charge in [0.05, 0.1) is 11.2 Å². The molecular formula is C50H35N. The second-order valence-corrected chi connectivity index (χ2v) is 14.0. The lowest BCUT2D eigenvalue weighted by Crippen LogP contribution is -1.98. The van der Waals surface area contributed by atoms with Gasteiger partial charge in [-0.1, -0.05) is 159 Å². The quantitative estimate of drug-likeness (QED) is 0.137. The Labute approximate surface area is 297 Å². The summed E-state index contributed by atoms with van der Waals surface area (Å²) < 4.78 is 0. The van der Waals surface area contributed by atoms with Crippen molar-refractivity contribution in [3.8, 4) is 33.5 Å². The van der Waals surface area contributed by atoms with Gasteiger partial charge in [0.2, 0.25) is 0 Å². The number of fused-ring (bicyclic) bond motifs is 6. The zero-order valence-electron chi connectivity index (χ0n) is 28.5. The van der Waals surface area contributed by atoms with E-state index in [-0.39, 0.29) is 0 Å². The molecule has 0 aliphatic heterocycles. The van der Waals surface area contributed by atoms with Crippen LogP contribution in [-0.2, 0) is 0 Å². The van der Waals surface area contributed by atoms with E-state index in [1.54, 1.807) is 0 Å². The van der Waals surface area contributed by atoms with Gasteiger partial charge in [-0.05, 0) is 113 Å². The Bertz CT molecular complexity index is 2850. The molecule has 9 aromatic rings. The summed E-state index contributed by atoms with van der Waals surface area (Å²) in [4.78, 5) is 5.35. The van der Waals surface area contributed by atoms with E-state index in [4.69, 9.17) is 4.98 Å². The van der Waals surface area contributed by atoms with E-state index in [1.807, 2.05) is 0 Å². The molecule has 1 aromatic heterocycles. The number of hydrogen-bond acceptors (Lipinski definition) is 1. The van der Waals surface area contributed by atoms with Crippen LogP contribution in [0.1, 0.15) is 18.9 Å². The molecule has 0 N–H and O–H groups in total. The van der Waals surface area contributed by atoms with Gasteiger partial charge >= 0.3 is 0 Å². The molecule has 1 unspecified atom stereocenters. The van der Waals surface area contributed by atoms with Crippen molar-refractivity contribution in [3.63, 3.8) is 0 Å². The summed E-state index contributed by atoms with van der Waals surface area (Å²) in [7, 11) is 0. The number of rotatable bonds is 4. The third-order valence-corrected chi connectivity index (χ3v) is 10.7. The summed E-state index contributed by atoms with van der Waals surface area (Å²) in [5.41, 5.74) is 10.6. The molecule has 0 fully saturated rings. The normalized spacial score (nSPS) is 14.5. The Hall–Kier alpha value is -6.31. The number of allylic oxidation sites excluding steroid dienone is 4. The molecule has 1 aliphatic carbocycles. The molecule has 0 amide bonds. The first-order chi connectivity index (χ1) is 25.2. The first kappa shape index (κ1) is 29.6. The summed E-state index contributed by atoms with van der Waals surface area (Å²) >= 11 is 0. The SMILES string of the molecule is CC1C=CC(c2cc(-c3cccc(-c4c5ccccc5c(-c5ccc6ccccc6c5)c5ccccc45)c3)nc3ccc4ccccc4c23)=CC1. The van der Waals surface area contributed by atoms with E-state index in [9.17, 15) is 0 Å². The van der Waals surface area contributed by atoms with Crippen LogP contribution >= 0.6 is 0 Å². The predicted octanol–water partition coefficient (Wildman–Crippen LogP) is 13.8. The molecule has 0 saturated carbocycles. The predicted molar refractivity (Wildman–Crippen MR) is 219 cm³/mol. The van der Waals surface area contributed by atoms with Gasteiger partial charge in [-0.3, -0.25) is 0 Å². The topological polar surface area (TPSA) is 12.9 Å². The fourth-order valence-corrected chi connectivity index (χ4v) is 8.24. The average molecular weight is 650 g/mol. The summed E-state index contributed by atoms with van der Waals surface area (Å²) in [5.74, 6) is 0.548. The second kappa shape index (κ2) is 11.9. The molecule has 1 atom stereocenters. The van der Waals surface area contributed by atoms with Gasteiger partial charge in [-0.15, -0.1) is 0 Å². The number of benzene rings is 8. The van der Waals surface area contributed by atoms with Gasteiger partial charge in [0.15, 0.2) is 0 Å². The summed E-state index contributed by atoms with van der Waals surface area (Å²) in [5, 5.41) is 11.2. The molecule has 0 spiro atoms. The first-order valence-electron chi connectivity index (χ1n) is 17.9. The molecule has 0 radical (unpaired) electrons. The molecule has 0 bridgehead atoms. The fourth-order valence-electron chi connectivity index (χ4n) is 8.24. The van der Waals surface area contributed by atoms with Crippen LogP contribution in [-0.4, -0.2) is 4.98 Å². The van der Waals surface area contributed by atoms with Gasteiger partial charge in [-0.2, -0.15) is 0 Å². The van der Waals surface area contributed by atoms with E-state index in [0.717, 1.165) is 23.2 Å². The van der Waals surface area contributed by atoms with E-state index in [0.29, 0.717) is 5.92 Å². The van der Waals surface area contributed by atoms with Crippen molar-refractivity contribution in [2.24, 2.45) is 5.92 Å². The zero-order valence-corrected chi connectivity index (χ0v) is 28.5. The number of hydrogen-bond donors (Lipinski definition) is 0. The van der Waals surface area contributed by atoms with E-state index in [2.05, 4.69) is 183 Å². The molecule has 240 valence electrons. The Balaban J connectivity index is 1.20. The van der Waals surface area contributed by atoms with Crippen molar-refractivity contribution < 1.29 is 0 Å². The van der Waals surface area contributed by atoms with Gasteiger partial charge in [0, 0.05) is 10.9 Å². The average Bonchev–Trinajstić information content (AvgIpc) is 3.19. The maximum Gasteiger partial charge on any atom is 0.0722 e.